The summed E-state index contributed by atoms with van der Waals surface area (Å²) in [6.07, 6.45) is 0.691. The van der Waals surface area contributed by atoms with Gasteiger partial charge in [-0.3, -0.25) is 4.79 Å². The molecule has 0 aromatic carbocycles. The summed E-state index contributed by atoms with van der Waals surface area (Å²) in [5.41, 5.74) is 5.32. The molecule has 0 spiro atoms. The van der Waals surface area contributed by atoms with Crippen LogP contribution in [0.5, 0.6) is 0 Å². The summed E-state index contributed by atoms with van der Waals surface area (Å²) in [5, 5.41) is 11.3. The molecule has 0 aliphatic carbocycles. The maximum absolute atomic E-state index is 11.2. The van der Waals surface area contributed by atoms with Crippen LogP contribution in [-0.2, 0) is 9.59 Å². The van der Waals surface area contributed by atoms with E-state index in [0.717, 1.165) is 0 Å². The van der Waals surface area contributed by atoms with Crippen molar-refractivity contribution in [3.63, 3.8) is 0 Å². The molecule has 5 heteroatoms. The topological polar surface area (TPSA) is 92.4 Å². The van der Waals surface area contributed by atoms with Crippen molar-refractivity contribution in [1.29, 1.82) is 0 Å². The van der Waals surface area contributed by atoms with E-state index in [2.05, 4.69) is 5.32 Å². The normalized spacial score (nSPS) is 16.9. The molecule has 1 amide bonds. The zero-order chi connectivity index (χ0) is 11.3. The van der Waals surface area contributed by atoms with Crippen molar-refractivity contribution < 1.29 is 14.7 Å². The fraction of sp³-hybridized carbons (Fsp3) is 0.778. The number of carbonyl (C=O) groups is 2. The molecule has 4 N–H and O–H groups in total. The molecule has 0 radical (unpaired) electrons. The Morgan fingerprint density at radius 3 is 2.21 bits per heavy atom. The van der Waals surface area contributed by atoms with E-state index in [-0.39, 0.29) is 5.92 Å². The predicted molar refractivity (Wildman–Crippen MR) is 52.7 cm³/mol. The van der Waals surface area contributed by atoms with Crippen LogP contribution in [0, 0.1) is 5.92 Å². The van der Waals surface area contributed by atoms with E-state index < -0.39 is 24.0 Å². The fourth-order valence-corrected chi connectivity index (χ4v) is 0.968. The summed E-state index contributed by atoms with van der Waals surface area (Å²) in [7, 11) is 0. The zero-order valence-corrected chi connectivity index (χ0v) is 8.78. The zero-order valence-electron chi connectivity index (χ0n) is 8.78. The van der Waals surface area contributed by atoms with Crippen molar-refractivity contribution in [3.8, 4) is 0 Å². The molecule has 0 heterocycles. The molecule has 0 bridgehead atoms. The third-order valence-electron chi connectivity index (χ3n) is 2.19. The molecular weight excluding hydrogens is 184 g/mol. The van der Waals surface area contributed by atoms with E-state index in [4.69, 9.17) is 10.8 Å². The van der Waals surface area contributed by atoms with Gasteiger partial charge in [0.2, 0.25) is 5.91 Å². The van der Waals surface area contributed by atoms with Crippen LogP contribution in [0.1, 0.15) is 27.2 Å². The molecule has 14 heavy (non-hydrogen) atoms. The van der Waals surface area contributed by atoms with Gasteiger partial charge in [-0.15, -0.1) is 0 Å². The minimum Gasteiger partial charge on any atom is -0.480 e. The Kier molecular flexibility index (Phi) is 5.15. The minimum absolute atomic E-state index is 0.102. The SMILES string of the molecule is CCC(C)[C@H](NC(=O)C(C)N)C(=O)O. The Balaban J connectivity index is 4.38. The number of hydrogen-bond acceptors (Lipinski definition) is 3. The molecule has 0 saturated carbocycles. The van der Waals surface area contributed by atoms with Crippen molar-refractivity contribution >= 4 is 11.9 Å². The number of carbonyl (C=O) groups excluding carboxylic acids is 1. The first-order valence-corrected chi connectivity index (χ1v) is 4.68. The maximum atomic E-state index is 11.2. The predicted octanol–water partition coefficient (Wildman–Crippen LogP) is -0.0509. The molecule has 2 unspecified atom stereocenters. The molecular formula is C9H18N2O3. The number of aliphatic carboxylic acids is 1. The number of hydrogen-bond donors (Lipinski definition) is 3. The van der Waals surface area contributed by atoms with Crippen molar-refractivity contribution in [1.82, 2.24) is 5.32 Å². The van der Waals surface area contributed by atoms with Gasteiger partial charge in [0, 0.05) is 0 Å². The Hall–Kier alpha value is -1.10. The van der Waals surface area contributed by atoms with Crippen molar-refractivity contribution in [2.75, 3.05) is 0 Å². The maximum Gasteiger partial charge on any atom is 0.326 e. The summed E-state index contributed by atoms with van der Waals surface area (Å²) in [6, 6.07) is -1.53. The molecule has 0 aliphatic heterocycles. The summed E-state index contributed by atoms with van der Waals surface area (Å²) in [6.45, 7) is 5.17. The molecule has 3 atom stereocenters. The lowest BCUT2D eigenvalue weighted by atomic mass is 9.99. The number of carboxylic acids is 1. The van der Waals surface area contributed by atoms with Crippen LogP contribution in [0.15, 0.2) is 0 Å². The van der Waals surface area contributed by atoms with Crippen molar-refractivity contribution in [3.05, 3.63) is 0 Å². The quantitative estimate of drug-likeness (QED) is 0.582. The van der Waals surface area contributed by atoms with Gasteiger partial charge in [0.05, 0.1) is 6.04 Å². The lowest BCUT2D eigenvalue weighted by molar-refractivity contribution is -0.143. The van der Waals surface area contributed by atoms with E-state index >= 15 is 0 Å². The highest BCUT2D eigenvalue weighted by Gasteiger charge is 2.25. The standard InChI is InChI=1S/C9H18N2O3/c1-4-5(2)7(9(13)14)11-8(12)6(3)10/h5-7H,4,10H2,1-3H3,(H,11,12)(H,13,14)/t5?,6?,7-/m0/s1. The molecule has 82 valence electrons. The average molecular weight is 202 g/mol. The second-order valence-corrected chi connectivity index (χ2v) is 3.50. The van der Waals surface area contributed by atoms with Gasteiger partial charge in [-0.2, -0.15) is 0 Å². The summed E-state index contributed by atoms with van der Waals surface area (Å²) in [4.78, 5) is 22.0. The number of rotatable bonds is 5. The van der Waals surface area contributed by atoms with Gasteiger partial charge in [0.25, 0.3) is 0 Å². The molecule has 0 saturated heterocycles. The van der Waals surface area contributed by atoms with Crippen LogP contribution in [0.25, 0.3) is 0 Å². The van der Waals surface area contributed by atoms with Crippen LogP contribution in [0.3, 0.4) is 0 Å². The average Bonchev–Trinajstić information content (AvgIpc) is 2.11. The summed E-state index contributed by atoms with van der Waals surface area (Å²) in [5.74, 6) is -1.55. The second kappa shape index (κ2) is 5.59. The van der Waals surface area contributed by atoms with Crippen LogP contribution < -0.4 is 11.1 Å². The number of carboxylic acid groups (broad SMARTS) is 1. The molecule has 0 aliphatic rings. The van der Waals surface area contributed by atoms with Gasteiger partial charge >= 0.3 is 5.97 Å². The van der Waals surface area contributed by atoms with Crippen molar-refractivity contribution in [2.24, 2.45) is 11.7 Å². The van der Waals surface area contributed by atoms with Gasteiger partial charge in [0.1, 0.15) is 6.04 Å². The highest BCUT2D eigenvalue weighted by molar-refractivity contribution is 5.86. The minimum atomic E-state index is -1.02. The molecule has 5 nitrogen and oxygen atoms in total. The monoisotopic (exact) mass is 202 g/mol. The van der Waals surface area contributed by atoms with Crippen LogP contribution >= 0.6 is 0 Å². The number of nitrogens with one attached hydrogen (secondary N) is 1. The first-order valence-electron chi connectivity index (χ1n) is 4.68. The number of amides is 1. The Morgan fingerprint density at radius 1 is 1.43 bits per heavy atom. The Labute approximate surface area is 83.7 Å². The van der Waals surface area contributed by atoms with Gasteiger partial charge in [-0.25, -0.2) is 4.79 Å². The lowest BCUT2D eigenvalue weighted by Gasteiger charge is -2.20. The van der Waals surface area contributed by atoms with Gasteiger partial charge in [-0.1, -0.05) is 20.3 Å². The Bertz CT molecular complexity index is 216. The van der Waals surface area contributed by atoms with E-state index in [1.807, 2.05) is 6.92 Å². The van der Waals surface area contributed by atoms with Crippen LogP contribution in [0.2, 0.25) is 0 Å². The van der Waals surface area contributed by atoms with E-state index in [9.17, 15) is 9.59 Å². The van der Waals surface area contributed by atoms with Gasteiger partial charge < -0.3 is 16.2 Å². The van der Waals surface area contributed by atoms with E-state index in [1.54, 1.807) is 6.92 Å². The van der Waals surface area contributed by atoms with Crippen LogP contribution in [0.4, 0.5) is 0 Å². The molecule has 0 rings (SSSR count). The third kappa shape index (κ3) is 3.74. The van der Waals surface area contributed by atoms with Gasteiger partial charge in [0.15, 0.2) is 0 Å². The summed E-state index contributed by atoms with van der Waals surface area (Å²) < 4.78 is 0. The number of nitrogens with two attached hydrogens (primary N) is 1. The van der Waals surface area contributed by atoms with E-state index in [0.29, 0.717) is 6.42 Å². The lowest BCUT2D eigenvalue weighted by Crippen LogP contribution is -2.50. The Morgan fingerprint density at radius 2 is 1.93 bits per heavy atom. The molecule has 0 aromatic heterocycles. The van der Waals surface area contributed by atoms with Crippen molar-refractivity contribution in [2.45, 2.75) is 39.3 Å². The van der Waals surface area contributed by atoms with Gasteiger partial charge in [-0.05, 0) is 12.8 Å². The highest BCUT2D eigenvalue weighted by atomic mass is 16.4. The smallest absolute Gasteiger partial charge is 0.326 e. The third-order valence-corrected chi connectivity index (χ3v) is 2.19. The second-order valence-electron chi connectivity index (χ2n) is 3.50. The fourth-order valence-electron chi connectivity index (χ4n) is 0.968. The van der Waals surface area contributed by atoms with E-state index in [1.165, 1.54) is 6.92 Å². The summed E-state index contributed by atoms with van der Waals surface area (Å²) >= 11 is 0. The first-order chi connectivity index (χ1) is 6.40. The molecule has 0 aromatic rings. The highest BCUT2D eigenvalue weighted by Crippen LogP contribution is 2.07. The molecule has 0 fully saturated rings. The van der Waals surface area contributed by atoms with Crippen LogP contribution in [-0.4, -0.2) is 29.1 Å². The first kappa shape index (κ1) is 12.9. The largest absolute Gasteiger partial charge is 0.480 e.